The molecular weight excluding hydrogens is 350 g/mol. The predicted octanol–water partition coefficient (Wildman–Crippen LogP) is 4.61. The second kappa shape index (κ2) is 7.54. The molecule has 1 aromatic carbocycles. The number of aromatic nitrogens is 2. The van der Waals surface area contributed by atoms with Crippen molar-refractivity contribution in [2.24, 2.45) is 0 Å². The van der Waals surface area contributed by atoms with Gasteiger partial charge in [-0.15, -0.1) is 11.3 Å². The molecule has 3 aromatic rings. The van der Waals surface area contributed by atoms with Gasteiger partial charge in [-0.3, -0.25) is 4.79 Å². The number of thiophene rings is 1. The lowest BCUT2D eigenvalue weighted by atomic mass is 10.0. The highest BCUT2D eigenvalue weighted by molar-refractivity contribution is 8.00. The van der Waals surface area contributed by atoms with Crippen LogP contribution in [0.3, 0.4) is 0 Å². The van der Waals surface area contributed by atoms with Gasteiger partial charge in [-0.25, -0.2) is 9.97 Å². The minimum atomic E-state index is -0.239. The summed E-state index contributed by atoms with van der Waals surface area (Å²) in [6.07, 6.45) is 1.56. The molecule has 0 N–H and O–H groups in total. The highest BCUT2D eigenvalue weighted by Gasteiger charge is 2.26. The molecule has 2 aromatic heterocycles. The van der Waals surface area contributed by atoms with Crippen LogP contribution in [0.5, 0.6) is 0 Å². The average molecular weight is 372 g/mol. The van der Waals surface area contributed by atoms with Gasteiger partial charge in [0.15, 0.2) is 0 Å². The minimum Gasteiger partial charge on any atom is -0.333 e. The first-order valence-corrected chi connectivity index (χ1v) is 9.97. The van der Waals surface area contributed by atoms with Crippen LogP contribution in [0.25, 0.3) is 10.2 Å². The molecule has 25 heavy (non-hydrogen) atoms. The Hall–Kier alpha value is -1.92. The largest absolute Gasteiger partial charge is 0.333 e. The fourth-order valence-electron chi connectivity index (χ4n) is 2.54. The van der Waals surface area contributed by atoms with E-state index in [4.69, 9.17) is 0 Å². The Labute approximate surface area is 156 Å². The van der Waals surface area contributed by atoms with E-state index in [-0.39, 0.29) is 11.4 Å². The Kier molecular flexibility index (Phi) is 5.39. The van der Waals surface area contributed by atoms with E-state index >= 15 is 0 Å². The molecule has 4 nitrogen and oxygen atoms in total. The number of fused-ring (bicyclic) bond motifs is 1. The SMILES string of the molecule is CC(C)(C)N(Cc1ccccc1)C(=O)CSc1ncnc2ccsc12. The summed E-state index contributed by atoms with van der Waals surface area (Å²) in [5.41, 5.74) is 1.84. The van der Waals surface area contributed by atoms with Crippen molar-refractivity contribution in [3.63, 3.8) is 0 Å². The molecule has 0 aliphatic rings. The molecule has 3 rings (SSSR count). The Morgan fingerprint density at radius 3 is 2.64 bits per heavy atom. The molecule has 0 saturated carbocycles. The van der Waals surface area contributed by atoms with E-state index in [0.29, 0.717) is 12.3 Å². The number of hydrogen-bond donors (Lipinski definition) is 0. The molecule has 0 saturated heterocycles. The molecule has 0 atom stereocenters. The number of rotatable bonds is 5. The van der Waals surface area contributed by atoms with Crippen molar-refractivity contribution < 1.29 is 4.79 Å². The molecule has 1 amide bonds. The van der Waals surface area contributed by atoms with E-state index in [1.54, 1.807) is 17.7 Å². The maximum absolute atomic E-state index is 12.9. The zero-order valence-electron chi connectivity index (χ0n) is 14.6. The van der Waals surface area contributed by atoms with E-state index in [1.807, 2.05) is 34.5 Å². The Bertz CT molecular complexity index is 856. The standard InChI is InChI=1S/C19H21N3OS2/c1-19(2,3)22(11-14-7-5-4-6-8-14)16(23)12-25-18-17-15(9-10-24-17)20-13-21-18/h4-10,13H,11-12H2,1-3H3. The highest BCUT2D eigenvalue weighted by Crippen LogP contribution is 2.29. The van der Waals surface area contributed by atoms with Crippen LogP contribution in [-0.2, 0) is 11.3 Å². The van der Waals surface area contributed by atoms with Crippen molar-refractivity contribution in [2.45, 2.75) is 37.9 Å². The molecule has 0 unspecified atom stereocenters. The second-order valence-corrected chi connectivity index (χ2v) is 8.62. The summed E-state index contributed by atoms with van der Waals surface area (Å²) in [5, 5.41) is 2.88. The molecule has 0 radical (unpaired) electrons. The molecular formula is C19H21N3OS2. The average Bonchev–Trinajstić information content (AvgIpc) is 3.06. The zero-order valence-corrected chi connectivity index (χ0v) is 16.2. The lowest BCUT2D eigenvalue weighted by Crippen LogP contribution is -2.45. The maximum Gasteiger partial charge on any atom is 0.233 e. The van der Waals surface area contributed by atoms with Gasteiger partial charge in [0.05, 0.1) is 16.0 Å². The van der Waals surface area contributed by atoms with Gasteiger partial charge in [-0.05, 0) is 37.8 Å². The van der Waals surface area contributed by atoms with Gasteiger partial charge in [-0.2, -0.15) is 0 Å². The first-order chi connectivity index (χ1) is 11.9. The number of hydrogen-bond acceptors (Lipinski definition) is 5. The summed E-state index contributed by atoms with van der Waals surface area (Å²) in [7, 11) is 0. The van der Waals surface area contributed by atoms with Crippen molar-refractivity contribution >= 4 is 39.2 Å². The van der Waals surface area contributed by atoms with Gasteiger partial charge in [0.25, 0.3) is 0 Å². The third-order valence-electron chi connectivity index (χ3n) is 3.84. The first-order valence-electron chi connectivity index (χ1n) is 8.10. The monoisotopic (exact) mass is 371 g/mol. The summed E-state index contributed by atoms with van der Waals surface area (Å²) in [6, 6.07) is 12.1. The van der Waals surface area contributed by atoms with Gasteiger partial charge in [0.2, 0.25) is 5.91 Å². The van der Waals surface area contributed by atoms with Gasteiger partial charge in [0.1, 0.15) is 11.4 Å². The van der Waals surface area contributed by atoms with Crippen LogP contribution in [0.15, 0.2) is 53.1 Å². The van der Waals surface area contributed by atoms with E-state index in [1.165, 1.54) is 11.8 Å². The normalized spacial score (nSPS) is 11.6. The summed E-state index contributed by atoms with van der Waals surface area (Å²) in [6.45, 7) is 6.82. The molecule has 0 aliphatic heterocycles. The van der Waals surface area contributed by atoms with Crippen LogP contribution in [-0.4, -0.2) is 32.1 Å². The molecule has 6 heteroatoms. The predicted molar refractivity (Wildman–Crippen MR) is 105 cm³/mol. The van der Waals surface area contributed by atoms with E-state index in [9.17, 15) is 4.79 Å². The fraction of sp³-hybridized carbons (Fsp3) is 0.316. The number of thioether (sulfide) groups is 1. The smallest absolute Gasteiger partial charge is 0.233 e. The van der Waals surface area contributed by atoms with Crippen LogP contribution in [0, 0.1) is 0 Å². The molecule has 0 spiro atoms. The summed E-state index contributed by atoms with van der Waals surface area (Å²) >= 11 is 3.10. The highest BCUT2D eigenvalue weighted by atomic mass is 32.2. The van der Waals surface area contributed by atoms with Crippen LogP contribution in [0.1, 0.15) is 26.3 Å². The number of benzene rings is 1. The third-order valence-corrected chi connectivity index (χ3v) is 5.85. The number of carbonyl (C=O) groups is 1. The Balaban J connectivity index is 1.73. The summed E-state index contributed by atoms with van der Waals surface area (Å²) < 4.78 is 1.05. The molecule has 0 bridgehead atoms. The first kappa shape index (κ1) is 17.9. The van der Waals surface area contributed by atoms with Gasteiger partial charge >= 0.3 is 0 Å². The van der Waals surface area contributed by atoms with Crippen molar-refractivity contribution in [2.75, 3.05) is 5.75 Å². The molecule has 0 aliphatic carbocycles. The Morgan fingerprint density at radius 1 is 1.16 bits per heavy atom. The van der Waals surface area contributed by atoms with Crippen molar-refractivity contribution in [3.05, 3.63) is 53.7 Å². The van der Waals surface area contributed by atoms with Crippen molar-refractivity contribution in [3.8, 4) is 0 Å². The number of nitrogens with zero attached hydrogens (tertiary/aromatic N) is 3. The van der Waals surface area contributed by atoms with Crippen LogP contribution >= 0.6 is 23.1 Å². The van der Waals surface area contributed by atoms with Crippen LogP contribution < -0.4 is 0 Å². The van der Waals surface area contributed by atoms with Crippen molar-refractivity contribution in [1.29, 1.82) is 0 Å². The van der Waals surface area contributed by atoms with Gasteiger partial charge in [-0.1, -0.05) is 42.1 Å². The lowest BCUT2D eigenvalue weighted by Gasteiger charge is -2.36. The summed E-state index contributed by atoms with van der Waals surface area (Å²) in [4.78, 5) is 23.4. The number of amides is 1. The third kappa shape index (κ3) is 4.38. The topological polar surface area (TPSA) is 46.1 Å². The van der Waals surface area contributed by atoms with E-state index in [2.05, 4.69) is 42.9 Å². The zero-order chi connectivity index (χ0) is 17.9. The minimum absolute atomic E-state index is 0.115. The Morgan fingerprint density at radius 2 is 1.92 bits per heavy atom. The second-order valence-electron chi connectivity index (χ2n) is 6.74. The van der Waals surface area contributed by atoms with E-state index in [0.717, 1.165) is 20.8 Å². The van der Waals surface area contributed by atoms with Gasteiger partial charge in [0, 0.05) is 12.1 Å². The molecule has 0 fully saturated rings. The van der Waals surface area contributed by atoms with Crippen LogP contribution in [0.4, 0.5) is 0 Å². The molecule has 2 heterocycles. The van der Waals surface area contributed by atoms with Crippen LogP contribution in [0.2, 0.25) is 0 Å². The van der Waals surface area contributed by atoms with Gasteiger partial charge < -0.3 is 4.90 Å². The quantitative estimate of drug-likeness (QED) is 0.485. The number of carbonyl (C=O) groups excluding carboxylic acids is 1. The maximum atomic E-state index is 12.9. The fourth-order valence-corrected chi connectivity index (χ4v) is 4.37. The molecule has 130 valence electrons. The van der Waals surface area contributed by atoms with E-state index < -0.39 is 0 Å². The lowest BCUT2D eigenvalue weighted by molar-refractivity contribution is -0.133. The summed E-state index contributed by atoms with van der Waals surface area (Å²) in [5.74, 6) is 0.485. The van der Waals surface area contributed by atoms with Crippen molar-refractivity contribution in [1.82, 2.24) is 14.9 Å².